The van der Waals surface area contributed by atoms with Gasteiger partial charge in [-0.05, 0) is 85.4 Å². The first-order valence-electron chi connectivity index (χ1n) is 10.2. The van der Waals surface area contributed by atoms with Gasteiger partial charge in [0.1, 0.15) is 12.3 Å². The van der Waals surface area contributed by atoms with E-state index in [-0.39, 0.29) is 6.54 Å². The number of nitrogens with one attached hydrogen (secondary N) is 1. The first kappa shape index (κ1) is 24.4. The lowest BCUT2D eigenvalue weighted by atomic mass is 10.3. The number of nitrogens with zero attached hydrogens (tertiary/aromatic N) is 1. The summed E-state index contributed by atoms with van der Waals surface area (Å²) in [6, 6.07) is 18.3. The van der Waals surface area contributed by atoms with Gasteiger partial charge in [0.25, 0.3) is 11.1 Å². The van der Waals surface area contributed by atoms with E-state index >= 15 is 0 Å². The van der Waals surface area contributed by atoms with Crippen LogP contribution in [0.1, 0.15) is 11.8 Å². The summed E-state index contributed by atoms with van der Waals surface area (Å²) in [5.41, 5.74) is 0.556. The van der Waals surface area contributed by atoms with E-state index in [0.717, 1.165) is 30.6 Å². The quantitative estimate of drug-likeness (QED) is 0.329. The van der Waals surface area contributed by atoms with Gasteiger partial charge >= 0.3 is 0 Å². The highest BCUT2D eigenvalue weighted by atomic mass is 35.5. The molecule has 6 nitrogen and oxygen atoms in total. The molecule has 0 spiro atoms. The molecule has 4 rings (SSSR count). The fourth-order valence-corrected chi connectivity index (χ4v) is 6.09. The Balaban J connectivity index is 1.37. The lowest BCUT2D eigenvalue weighted by molar-refractivity contribution is -0.127. The number of rotatable bonds is 8. The standard InChI is InChI=1S/C24H19ClN2O4S3/c1-2-31-17-7-5-16(6-8-17)26-21(28)14-27-23(29)20(34-24(27)30)13-19-11-12-22(33-19)32-18-9-3-15(25)4-10-18/h3-13H,2,14H2,1H3,(H,26,28). The number of carbonyl (C=O) groups is 3. The minimum atomic E-state index is -0.475. The number of thioether (sulfide) groups is 1. The predicted molar refractivity (Wildman–Crippen MR) is 139 cm³/mol. The summed E-state index contributed by atoms with van der Waals surface area (Å²) in [6.07, 6.45) is 1.69. The minimum Gasteiger partial charge on any atom is -0.494 e. The molecule has 1 aliphatic heterocycles. The van der Waals surface area contributed by atoms with E-state index in [4.69, 9.17) is 16.3 Å². The number of amides is 3. The van der Waals surface area contributed by atoms with Gasteiger partial charge in [-0.1, -0.05) is 23.4 Å². The van der Waals surface area contributed by atoms with Crippen LogP contribution in [-0.2, 0) is 9.59 Å². The maximum atomic E-state index is 12.8. The molecule has 2 aromatic carbocycles. The van der Waals surface area contributed by atoms with Crippen molar-refractivity contribution in [3.63, 3.8) is 0 Å². The summed E-state index contributed by atoms with van der Waals surface area (Å²) in [7, 11) is 0. The van der Waals surface area contributed by atoms with Crippen molar-refractivity contribution < 1.29 is 19.1 Å². The monoisotopic (exact) mass is 530 g/mol. The average molecular weight is 531 g/mol. The minimum absolute atomic E-state index is 0.295. The Morgan fingerprint density at radius 3 is 2.53 bits per heavy atom. The van der Waals surface area contributed by atoms with Gasteiger partial charge in [0.2, 0.25) is 5.91 Å². The van der Waals surface area contributed by atoms with Crippen molar-refractivity contribution in [2.24, 2.45) is 0 Å². The molecule has 10 heteroatoms. The zero-order valence-electron chi connectivity index (χ0n) is 17.9. The molecule has 0 radical (unpaired) electrons. The normalized spacial score (nSPS) is 14.6. The molecule has 0 aliphatic carbocycles. The number of ether oxygens (including phenoxy) is 1. The van der Waals surface area contributed by atoms with E-state index in [0.29, 0.717) is 28.0 Å². The van der Waals surface area contributed by atoms with Crippen LogP contribution in [0.15, 0.2) is 74.7 Å². The summed E-state index contributed by atoms with van der Waals surface area (Å²) in [5.74, 6) is -0.234. The van der Waals surface area contributed by atoms with Crippen molar-refractivity contribution in [2.75, 3.05) is 18.5 Å². The maximum Gasteiger partial charge on any atom is 0.294 e. The first-order chi connectivity index (χ1) is 16.4. The molecule has 1 N–H and O–H groups in total. The highest BCUT2D eigenvalue weighted by Gasteiger charge is 2.36. The highest BCUT2D eigenvalue weighted by Crippen LogP contribution is 2.37. The van der Waals surface area contributed by atoms with Crippen molar-refractivity contribution in [3.8, 4) is 5.75 Å². The maximum absolute atomic E-state index is 12.8. The number of imide groups is 1. The Morgan fingerprint density at radius 1 is 1.09 bits per heavy atom. The zero-order chi connectivity index (χ0) is 24.1. The van der Waals surface area contributed by atoms with Crippen LogP contribution in [0.25, 0.3) is 6.08 Å². The number of benzene rings is 2. The van der Waals surface area contributed by atoms with Crippen LogP contribution in [0.4, 0.5) is 10.5 Å². The summed E-state index contributed by atoms with van der Waals surface area (Å²) in [6.45, 7) is 2.09. The second-order valence-corrected chi connectivity index (χ2v) is 10.9. The fourth-order valence-electron chi connectivity index (χ4n) is 3.00. The molecule has 2 heterocycles. The Kier molecular flexibility index (Phi) is 7.99. The molecule has 174 valence electrons. The van der Waals surface area contributed by atoms with E-state index in [1.165, 1.54) is 11.3 Å². The molecule has 3 aromatic rings. The molecule has 0 bridgehead atoms. The first-order valence-corrected chi connectivity index (χ1v) is 13.1. The van der Waals surface area contributed by atoms with Gasteiger partial charge in [-0.25, -0.2) is 0 Å². The molecule has 0 atom stereocenters. The molecule has 0 unspecified atom stereocenters. The third-order valence-corrected chi connectivity index (χ3v) is 7.86. The molecule has 0 saturated carbocycles. The second kappa shape index (κ2) is 11.1. The lowest BCUT2D eigenvalue weighted by Crippen LogP contribution is -2.36. The Labute approximate surface area is 214 Å². The molecule has 3 amide bonds. The third kappa shape index (κ3) is 6.24. The van der Waals surface area contributed by atoms with Gasteiger partial charge in [0.05, 0.1) is 15.7 Å². The van der Waals surface area contributed by atoms with Crippen molar-refractivity contribution in [3.05, 3.63) is 75.5 Å². The van der Waals surface area contributed by atoms with Crippen LogP contribution in [0.3, 0.4) is 0 Å². The summed E-state index contributed by atoms with van der Waals surface area (Å²) in [5, 5.41) is 2.91. The molecule has 1 fully saturated rings. The fraction of sp³-hybridized carbons (Fsp3) is 0.125. The topological polar surface area (TPSA) is 75.7 Å². The molecular weight excluding hydrogens is 512 g/mol. The Hall–Kier alpha value is -2.72. The van der Waals surface area contributed by atoms with Crippen molar-refractivity contribution in [1.82, 2.24) is 4.90 Å². The van der Waals surface area contributed by atoms with Crippen molar-refractivity contribution in [2.45, 2.75) is 16.0 Å². The number of carbonyl (C=O) groups excluding carboxylic acids is 3. The summed E-state index contributed by atoms with van der Waals surface area (Å²) >= 11 is 9.87. The third-order valence-electron chi connectivity index (χ3n) is 4.53. The van der Waals surface area contributed by atoms with Crippen LogP contribution >= 0.6 is 46.5 Å². The van der Waals surface area contributed by atoms with Gasteiger partial charge < -0.3 is 10.1 Å². The Morgan fingerprint density at radius 2 is 1.82 bits per heavy atom. The van der Waals surface area contributed by atoms with E-state index in [2.05, 4.69) is 5.32 Å². The van der Waals surface area contributed by atoms with Crippen molar-refractivity contribution >= 4 is 75.3 Å². The largest absolute Gasteiger partial charge is 0.494 e. The second-order valence-electron chi connectivity index (χ2n) is 6.99. The number of halogens is 1. The van der Waals surface area contributed by atoms with Gasteiger partial charge in [-0.15, -0.1) is 11.3 Å². The SMILES string of the molecule is CCOc1ccc(NC(=O)CN2C(=O)SC(=Cc3ccc(Sc4ccc(Cl)cc4)s3)C2=O)cc1. The summed E-state index contributed by atoms with van der Waals surface area (Å²) < 4.78 is 6.42. The molecule has 1 aliphatic rings. The van der Waals surface area contributed by atoms with Gasteiger partial charge in [0, 0.05) is 20.5 Å². The van der Waals surface area contributed by atoms with Gasteiger partial charge in [-0.3, -0.25) is 19.3 Å². The van der Waals surface area contributed by atoms with Crippen molar-refractivity contribution in [1.29, 1.82) is 0 Å². The van der Waals surface area contributed by atoms with Crippen LogP contribution in [-0.4, -0.2) is 35.1 Å². The van der Waals surface area contributed by atoms with Crippen LogP contribution in [0, 0.1) is 0 Å². The molecule has 34 heavy (non-hydrogen) atoms. The van der Waals surface area contributed by atoms with E-state index in [1.807, 2.05) is 43.3 Å². The van der Waals surface area contributed by atoms with E-state index < -0.39 is 17.1 Å². The number of hydrogen-bond acceptors (Lipinski definition) is 7. The Bertz CT molecular complexity index is 1240. The number of anilines is 1. The molecule has 1 saturated heterocycles. The molecular formula is C24H19ClN2O4S3. The van der Waals surface area contributed by atoms with E-state index in [1.54, 1.807) is 42.1 Å². The smallest absolute Gasteiger partial charge is 0.294 e. The number of hydrogen-bond donors (Lipinski definition) is 1. The lowest BCUT2D eigenvalue weighted by Gasteiger charge is -2.12. The van der Waals surface area contributed by atoms with Crippen LogP contribution in [0.2, 0.25) is 5.02 Å². The zero-order valence-corrected chi connectivity index (χ0v) is 21.2. The summed E-state index contributed by atoms with van der Waals surface area (Å²) in [4.78, 5) is 40.7. The highest BCUT2D eigenvalue weighted by molar-refractivity contribution is 8.18. The molecule has 1 aromatic heterocycles. The van der Waals surface area contributed by atoms with E-state index in [9.17, 15) is 14.4 Å². The van der Waals surface area contributed by atoms with Crippen LogP contribution < -0.4 is 10.1 Å². The number of thiophene rings is 1. The van der Waals surface area contributed by atoms with Gasteiger partial charge in [-0.2, -0.15) is 0 Å². The van der Waals surface area contributed by atoms with Crippen LogP contribution in [0.5, 0.6) is 5.75 Å². The van der Waals surface area contributed by atoms with Gasteiger partial charge in [0.15, 0.2) is 0 Å². The average Bonchev–Trinajstić information content (AvgIpc) is 3.36. The predicted octanol–water partition coefficient (Wildman–Crippen LogP) is 6.63.